The van der Waals surface area contributed by atoms with Gasteiger partial charge in [-0.1, -0.05) is 60.9 Å². The van der Waals surface area contributed by atoms with Crippen molar-refractivity contribution in [1.82, 2.24) is 0 Å². The van der Waals surface area contributed by atoms with Gasteiger partial charge in [-0.05, 0) is 17.1 Å². The Kier molecular flexibility index (Phi) is 6.96. The first-order valence-electron chi connectivity index (χ1n) is 8.61. The number of rotatable bonds is 9. The van der Waals surface area contributed by atoms with Gasteiger partial charge >= 0.3 is 12.2 Å². The summed E-state index contributed by atoms with van der Waals surface area (Å²) >= 11 is 6.18. The topological polar surface area (TPSA) is 91.0 Å². The van der Waals surface area contributed by atoms with E-state index in [2.05, 4.69) is 5.16 Å². The second kappa shape index (κ2) is 8.99. The fourth-order valence-electron chi connectivity index (χ4n) is 2.80. The van der Waals surface area contributed by atoms with Crippen LogP contribution in [0.3, 0.4) is 0 Å². The molecule has 1 aliphatic carbocycles. The molecule has 1 aromatic rings. The molecule has 8 heteroatoms. The second-order valence-corrected chi connectivity index (χ2v) is 7.50. The molecule has 1 fully saturated rings. The Labute approximate surface area is 163 Å². The smallest absolute Gasteiger partial charge is 0.372 e. The van der Waals surface area contributed by atoms with E-state index < -0.39 is 11.2 Å². The zero-order chi connectivity index (χ0) is 20.0. The molecule has 2 rings (SSSR count). The van der Waals surface area contributed by atoms with Crippen LogP contribution in [0.5, 0.6) is 0 Å². The Morgan fingerprint density at radius 3 is 2.70 bits per heavy atom. The van der Waals surface area contributed by atoms with Crippen LogP contribution in [0.15, 0.2) is 46.6 Å². The maximum absolute atomic E-state index is 12.3. The summed E-state index contributed by atoms with van der Waals surface area (Å²) in [6.07, 6.45) is 2.46. The standard InChI is InChI=1S/C19H23ClN2O5/c1-13(22(24)25)27-21-12-16-17(19(16,2)3)18(23)26-10-9-15(20)11-14-7-5-4-6-8-14/h4-9,12-13,16-17H,10-11H2,1-3H3. The number of ether oxygens (including phenoxy) is 1. The third-order valence-corrected chi connectivity index (χ3v) is 4.93. The predicted molar refractivity (Wildman–Crippen MR) is 102 cm³/mol. The fraction of sp³-hybridized carbons (Fsp3) is 0.474. The molecule has 3 atom stereocenters. The number of nitrogens with zero attached hydrogens (tertiary/aromatic N) is 2. The molecule has 0 saturated heterocycles. The summed E-state index contributed by atoms with van der Waals surface area (Å²) in [5, 5.41) is 14.7. The largest absolute Gasteiger partial charge is 0.461 e. The van der Waals surface area contributed by atoms with Crippen LogP contribution in [-0.4, -0.2) is 29.9 Å². The third-order valence-electron chi connectivity index (χ3n) is 4.64. The van der Waals surface area contributed by atoms with E-state index in [0.717, 1.165) is 5.56 Å². The SMILES string of the molecule is CC(ON=CC1C(C(=O)OCC=C(Cl)Cc2ccccc2)C1(C)C)[N+](=O)[O-]. The monoisotopic (exact) mass is 394 g/mol. The Morgan fingerprint density at radius 2 is 2.07 bits per heavy atom. The van der Waals surface area contributed by atoms with Gasteiger partial charge in [-0.3, -0.25) is 14.9 Å². The van der Waals surface area contributed by atoms with E-state index >= 15 is 0 Å². The summed E-state index contributed by atoms with van der Waals surface area (Å²) in [6, 6.07) is 9.75. The minimum absolute atomic E-state index is 0.0931. The van der Waals surface area contributed by atoms with Gasteiger partial charge in [0, 0.05) is 30.5 Å². The Bertz CT molecular complexity index is 733. The lowest BCUT2D eigenvalue weighted by Crippen LogP contribution is -2.16. The molecule has 0 spiro atoms. The van der Waals surface area contributed by atoms with Crippen molar-refractivity contribution in [2.45, 2.75) is 33.4 Å². The molecule has 0 aliphatic heterocycles. The van der Waals surface area contributed by atoms with Gasteiger partial charge in [-0.2, -0.15) is 0 Å². The predicted octanol–water partition coefficient (Wildman–Crippen LogP) is 3.79. The molecule has 1 saturated carbocycles. The lowest BCUT2D eigenvalue weighted by molar-refractivity contribution is -0.571. The van der Waals surface area contributed by atoms with Crippen LogP contribution in [0.1, 0.15) is 26.3 Å². The second-order valence-electron chi connectivity index (χ2n) is 7.01. The molecule has 0 N–H and O–H groups in total. The molecule has 7 nitrogen and oxygen atoms in total. The quantitative estimate of drug-likeness (QED) is 0.209. The van der Waals surface area contributed by atoms with Crippen molar-refractivity contribution < 1.29 is 19.3 Å². The summed E-state index contributed by atoms with van der Waals surface area (Å²) < 4.78 is 5.30. The van der Waals surface area contributed by atoms with Gasteiger partial charge in [0.2, 0.25) is 0 Å². The molecule has 0 amide bonds. The van der Waals surface area contributed by atoms with Crippen LogP contribution in [-0.2, 0) is 20.8 Å². The van der Waals surface area contributed by atoms with Crippen molar-refractivity contribution >= 4 is 23.8 Å². The average Bonchev–Trinajstić information content (AvgIpc) is 3.16. The van der Waals surface area contributed by atoms with E-state index in [-0.39, 0.29) is 29.8 Å². The molecule has 0 bridgehead atoms. The highest BCUT2D eigenvalue weighted by molar-refractivity contribution is 6.29. The normalized spacial score (nSPS) is 22.3. The minimum atomic E-state index is -1.23. The van der Waals surface area contributed by atoms with E-state index in [1.807, 2.05) is 44.2 Å². The first kappa shape index (κ1) is 20.9. The number of carbonyl (C=O) groups is 1. The molecule has 3 unspecified atom stereocenters. The van der Waals surface area contributed by atoms with Crippen LogP contribution in [0.25, 0.3) is 0 Å². The number of oxime groups is 1. The summed E-state index contributed by atoms with van der Waals surface area (Å²) in [5.41, 5.74) is 0.743. The molecule has 0 radical (unpaired) electrons. The molecule has 0 heterocycles. The van der Waals surface area contributed by atoms with Crippen LogP contribution in [0, 0.1) is 27.4 Å². The van der Waals surface area contributed by atoms with Crippen LogP contribution in [0.2, 0.25) is 0 Å². The number of nitro groups is 1. The summed E-state index contributed by atoms with van der Waals surface area (Å²) in [6.45, 7) is 5.19. The number of esters is 1. The highest BCUT2D eigenvalue weighted by Crippen LogP contribution is 2.57. The number of benzene rings is 1. The lowest BCUT2D eigenvalue weighted by Gasteiger charge is -2.04. The molecule has 146 valence electrons. The Balaban J connectivity index is 1.80. The van der Waals surface area contributed by atoms with Crippen molar-refractivity contribution in [1.29, 1.82) is 0 Å². The van der Waals surface area contributed by atoms with Gasteiger partial charge in [-0.25, -0.2) is 0 Å². The van der Waals surface area contributed by atoms with E-state index in [4.69, 9.17) is 21.2 Å². The zero-order valence-corrected chi connectivity index (χ0v) is 16.3. The lowest BCUT2D eigenvalue weighted by atomic mass is 10.1. The number of carbonyl (C=O) groups excluding carboxylic acids is 1. The molecule has 1 aliphatic rings. The van der Waals surface area contributed by atoms with Crippen molar-refractivity contribution in [2.24, 2.45) is 22.4 Å². The van der Waals surface area contributed by atoms with Crippen molar-refractivity contribution in [3.05, 3.63) is 57.1 Å². The molecule has 1 aromatic carbocycles. The molecule has 27 heavy (non-hydrogen) atoms. The van der Waals surface area contributed by atoms with Gasteiger partial charge in [0.1, 0.15) is 6.61 Å². The Hall–Kier alpha value is -2.41. The number of hydrogen-bond acceptors (Lipinski definition) is 6. The van der Waals surface area contributed by atoms with Gasteiger partial charge in [0.05, 0.1) is 10.8 Å². The summed E-state index contributed by atoms with van der Waals surface area (Å²) in [4.78, 5) is 26.9. The van der Waals surface area contributed by atoms with E-state index in [0.29, 0.717) is 11.5 Å². The molecule has 0 aromatic heterocycles. The van der Waals surface area contributed by atoms with E-state index in [1.165, 1.54) is 13.1 Å². The van der Waals surface area contributed by atoms with Crippen molar-refractivity contribution in [3.8, 4) is 0 Å². The number of allylic oxidation sites excluding steroid dienone is 1. The van der Waals surface area contributed by atoms with E-state index in [1.54, 1.807) is 6.08 Å². The van der Waals surface area contributed by atoms with E-state index in [9.17, 15) is 14.9 Å². The number of halogens is 1. The summed E-state index contributed by atoms with van der Waals surface area (Å²) in [5.74, 6) is -0.899. The zero-order valence-electron chi connectivity index (χ0n) is 15.5. The maximum Gasteiger partial charge on any atom is 0.372 e. The third kappa shape index (κ3) is 5.79. The first-order valence-corrected chi connectivity index (χ1v) is 8.99. The van der Waals surface area contributed by atoms with Crippen LogP contribution in [0.4, 0.5) is 0 Å². The summed E-state index contributed by atoms with van der Waals surface area (Å²) in [7, 11) is 0. The van der Waals surface area contributed by atoms with Crippen molar-refractivity contribution in [3.63, 3.8) is 0 Å². The minimum Gasteiger partial charge on any atom is -0.461 e. The molecular formula is C19H23ClN2O5. The van der Waals surface area contributed by atoms with Crippen LogP contribution >= 0.6 is 11.6 Å². The Morgan fingerprint density at radius 1 is 1.41 bits per heavy atom. The van der Waals surface area contributed by atoms with Gasteiger partial charge in [-0.15, -0.1) is 0 Å². The van der Waals surface area contributed by atoms with Crippen molar-refractivity contribution in [2.75, 3.05) is 6.61 Å². The molecular weight excluding hydrogens is 372 g/mol. The van der Waals surface area contributed by atoms with Gasteiger partial charge < -0.3 is 9.57 Å². The fourth-order valence-corrected chi connectivity index (χ4v) is 3.02. The average molecular weight is 395 g/mol. The van der Waals surface area contributed by atoms with Gasteiger partial charge in [0.15, 0.2) is 0 Å². The number of hydrogen-bond donors (Lipinski definition) is 0. The van der Waals surface area contributed by atoms with Crippen LogP contribution < -0.4 is 0 Å². The highest BCUT2D eigenvalue weighted by atomic mass is 35.5. The highest BCUT2D eigenvalue weighted by Gasteiger charge is 2.62. The first-order chi connectivity index (χ1) is 12.7. The maximum atomic E-state index is 12.3. The van der Waals surface area contributed by atoms with Gasteiger partial charge in [0.25, 0.3) is 0 Å².